The van der Waals surface area contributed by atoms with Gasteiger partial charge in [0.1, 0.15) is 0 Å². The van der Waals surface area contributed by atoms with Gasteiger partial charge in [0.05, 0.1) is 5.48 Å². The van der Waals surface area contributed by atoms with Crippen LogP contribution >= 0.6 is 8.20 Å². The third-order valence-electron chi connectivity index (χ3n) is 0.941. The fourth-order valence-corrected chi connectivity index (χ4v) is 1.88. The van der Waals surface area contributed by atoms with Crippen LogP contribution in [0.2, 0.25) is 0 Å². The lowest BCUT2D eigenvalue weighted by atomic mass is 9.99. The minimum Gasteiger partial charge on any atom is -0.387 e. The first-order valence-corrected chi connectivity index (χ1v) is 4.58. The third-order valence-corrected chi connectivity index (χ3v) is 2.49. The highest BCUT2D eigenvalue weighted by molar-refractivity contribution is 7.39. The molecule has 0 aliphatic heterocycles. The zero-order valence-corrected chi connectivity index (χ0v) is 8.25. The van der Waals surface area contributed by atoms with E-state index in [1.165, 1.54) is 8.20 Å². The molecule has 3 radical (unpaired) electrons. The SMILES string of the molecule is CP=C(O[Si])C(C)(C)C. The molecular weight excluding hydrogens is 147 g/mol. The summed E-state index contributed by atoms with van der Waals surface area (Å²) in [7, 11) is 4.20. The highest BCUT2D eigenvalue weighted by Crippen LogP contribution is 2.19. The van der Waals surface area contributed by atoms with Crippen molar-refractivity contribution in [2.24, 2.45) is 5.41 Å². The van der Waals surface area contributed by atoms with Crippen molar-refractivity contribution in [1.29, 1.82) is 0 Å². The van der Waals surface area contributed by atoms with E-state index in [-0.39, 0.29) is 5.41 Å². The fraction of sp³-hybridized carbons (Fsp3) is 0.833. The lowest BCUT2D eigenvalue weighted by Gasteiger charge is -2.19. The van der Waals surface area contributed by atoms with E-state index in [2.05, 4.69) is 37.9 Å². The van der Waals surface area contributed by atoms with Gasteiger partial charge in [0.2, 0.25) is 0 Å². The van der Waals surface area contributed by atoms with Gasteiger partial charge in [-0.15, -0.1) is 0 Å². The molecule has 0 aliphatic carbocycles. The maximum atomic E-state index is 4.97. The minimum absolute atomic E-state index is 0.151. The monoisotopic (exact) mass is 159 g/mol. The van der Waals surface area contributed by atoms with Gasteiger partial charge in [-0.1, -0.05) is 29.0 Å². The molecule has 0 amide bonds. The highest BCUT2D eigenvalue weighted by atomic mass is 31.1. The van der Waals surface area contributed by atoms with Crippen molar-refractivity contribution in [2.45, 2.75) is 20.8 Å². The Bertz CT molecular complexity index is 115. The summed E-state index contributed by atoms with van der Waals surface area (Å²) in [5.41, 5.74) is 1.21. The van der Waals surface area contributed by atoms with Gasteiger partial charge in [0, 0.05) is 5.41 Å². The van der Waals surface area contributed by atoms with Crippen LogP contribution in [0.4, 0.5) is 0 Å². The van der Waals surface area contributed by atoms with Crippen LogP contribution in [0.3, 0.4) is 0 Å². The van der Waals surface area contributed by atoms with E-state index >= 15 is 0 Å². The molecule has 9 heavy (non-hydrogen) atoms. The van der Waals surface area contributed by atoms with Crippen molar-refractivity contribution in [2.75, 3.05) is 6.66 Å². The van der Waals surface area contributed by atoms with E-state index in [0.717, 1.165) is 5.48 Å². The zero-order valence-electron chi connectivity index (χ0n) is 6.36. The Labute approximate surface area is 62.1 Å². The van der Waals surface area contributed by atoms with Gasteiger partial charge < -0.3 is 4.43 Å². The fourth-order valence-electron chi connectivity index (χ4n) is 0.534. The molecule has 0 aliphatic rings. The molecule has 3 heteroatoms. The molecule has 0 rings (SSSR count). The van der Waals surface area contributed by atoms with Crippen LogP contribution < -0.4 is 0 Å². The second-order valence-electron chi connectivity index (χ2n) is 2.88. The van der Waals surface area contributed by atoms with E-state index in [9.17, 15) is 0 Å². The second kappa shape index (κ2) is 3.50. The first kappa shape index (κ1) is 9.35. The number of hydrogen-bond acceptors (Lipinski definition) is 1. The predicted molar refractivity (Wildman–Crippen MR) is 44.1 cm³/mol. The molecule has 0 fully saturated rings. The van der Waals surface area contributed by atoms with Crippen molar-refractivity contribution < 1.29 is 4.43 Å². The zero-order chi connectivity index (χ0) is 7.49. The largest absolute Gasteiger partial charge is 0.387 e. The van der Waals surface area contributed by atoms with Gasteiger partial charge in [0.25, 0.3) is 10.5 Å². The van der Waals surface area contributed by atoms with Gasteiger partial charge >= 0.3 is 0 Å². The molecule has 0 bridgehead atoms. The van der Waals surface area contributed by atoms with Crippen LogP contribution in [0.1, 0.15) is 20.8 Å². The summed E-state index contributed by atoms with van der Waals surface area (Å²) in [4.78, 5) is 0. The molecule has 1 nitrogen and oxygen atoms in total. The van der Waals surface area contributed by atoms with E-state index in [0.29, 0.717) is 0 Å². The van der Waals surface area contributed by atoms with Crippen LogP contribution in [0, 0.1) is 5.41 Å². The van der Waals surface area contributed by atoms with Gasteiger partial charge in [-0.3, -0.25) is 0 Å². The van der Waals surface area contributed by atoms with Gasteiger partial charge in [-0.05, 0) is 6.66 Å². The normalized spacial score (nSPS) is 14.1. The predicted octanol–water partition coefficient (Wildman–Crippen LogP) is 1.84. The van der Waals surface area contributed by atoms with Crippen molar-refractivity contribution in [3.05, 3.63) is 0 Å². The van der Waals surface area contributed by atoms with Gasteiger partial charge in [-0.25, -0.2) is 0 Å². The molecule has 0 aromatic heterocycles. The Morgan fingerprint density at radius 1 is 1.44 bits per heavy atom. The lowest BCUT2D eigenvalue weighted by Crippen LogP contribution is -2.20. The molecule has 0 heterocycles. The maximum Gasteiger partial charge on any atom is 0.256 e. The molecule has 0 spiro atoms. The standard InChI is InChI=1S/C6H12OPSi/c1-6(2,3)5(7-9)8-4/h1-4H3. The molecule has 0 atom stereocenters. The molecule has 51 valence electrons. The Kier molecular flexibility index (Phi) is 3.63. The van der Waals surface area contributed by atoms with Crippen LogP contribution in [0.15, 0.2) is 0 Å². The Morgan fingerprint density at radius 3 is 1.89 bits per heavy atom. The molecule has 0 saturated heterocycles. The average Bonchev–Trinajstić information content (AvgIpc) is 1.65. The van der Waals surface area contributed by atoms with Crippen LogP contribution in [0.5, 0.6) is 0 Å². The summed E-state index contributed by atoms with van der Waals surface area (Å²) in [6.45, 7) is 8.43. The highest BCUT2D eigenvalue weighted by Gasteiger charge is 2.15. The summed E-state index contributed by atoms with van der Waals surface area (Å²) >= 11 is 0. The topological polar surface area (TPSA) is 9.23 Å². The van der Waals surface area contributed by atoms with Crippen LogP contribution in [-0.2, 0) is 4.43 Å². The van der Waals surface area contributed by atoms with E-state index in [4.69, 9.17) is 4.43 Å². The van der Waals surface area contributed by atoms with Gasteiger partial charge in [-0.2, -0.15) is 0 Å². The average molecular weight is 159 g/mol. The summed E-state index contributed by atoms with van der Waals surface area (Å²) in [6, 6.07) is 0. The molecular formula is C6H12OPSi. The van der Waals surface area contributed by atoms with E-state index < -0.39 is 0 Å². The molecule has 0 aromatic rings. The molecule has 0 unspecified atom stereocenters. The Hall–Kier alpha value is 0.347. The number of hydrogen-bond donors (Lipinski definition) is 0. The van der Waals surface area contributed by atoms with Crippen molar-refractivity contribution >= 4 is 24.2 Å². The van der Waals surface area contributed by atoms with Crippen LogP contribution in [0.25, 0.3) is 0 Å². The Balaban J connectivity index is 4.14. The number of rotatable bonds is 1. The van der Waals surface area contributed by atoms with Crippen molar-refractivity contribution in [3.8, 4) is 0 Å². The van der Waals surface area contributed by atoms with E-state index in [1.807, 2.05) is 0 Å². The lowest BCUT2D eigenvalue weighted by molar-refractivity contribution is 0.474. The third kappa shape index (κ3) is 3.14. The molecule has 0 saturated carbocycles. The smallest absolute Gasteiger partial charge is 0.256 e. The first-order valence-electron chi connectivity index (χ1n) is 2.83. The van der Waals surface area contributed by atoms with Crippen LogP contribution in [-0.4, -0.2) is 22.6 Å². The Morgan fingerprint density at radius 2 is 1.89 bits per heavy atom. The van der Waals surface area contributed by atoms with Gasteiger partial charge in [0.15, 0.2) is 0 Å². The second-order valence-corrected chi connectivity index (χ2v) is 3.94. The molecule has 0 N–H and O–H groups in total. The quantitative estimate of drug-likeness (QED) is 0.419. The first-order chi connectivity index (χ1) is 4.02. The van der Waals surface area contributed by atoms with Crippen molar-refractivity contribution in [3.63, 3.8) is 0 Å². The summed E-state index contributed by atoms with van der Waals surface area (Å²) < 4.78 is 4.97. The minimum atomic E-state index is 0.151. The summed E-state index contributed by atoms with van der Waals surface area (Å²) in [5, 5.41) is 0. The maximum absolute atomic E-state index is 4.97. The van der Waals surface area contributed by atoms with E-state index in [1.54, 1.807) is 0 Å². The molecule has 0 aromatic carbocycles. The summed E-state index contributed by atoms with van der Waals surface area (Å²) in [5.74, 6) is 0. The van der Waals surface area contributed by atoms with Crippen molar-refractivity contribution in [1.82, 2.24) is 0 Å². The summed E-state index contributed by atoms with van der Waals surface area (Å²) in [6.07, 6.45) is 0.